The lowest BCUT2D eigenvalue weighted by Gasteiger charge is -2.26. The van der Waals surface area contributed by atoms with Crippen LogP contribution in [0.15, 0.2) is 12.3 Å². The molecule has 1 unspecified atom stereocenters. The maximum absolute atomic E-state index is 6.38. The van der Waals surface area contributed by atoms with Crippen molar-refractivity contribution in [2.45, 2.75) is 51.0 Å². The van der Waals surface area contributed by atoms with Crippen LogP contribution in [-0.4, -0.2) is 4.98 Å². The number of nitrogens with two attached hydrogens (primary N) is 2. The minimum absolute atomic E-state index is 0.0331. The van der Waals surface area contributed by atoms with E-state index in [1.165, 1.54) is 44.9 Å². The van der Waals surface area contributed by atoms with Crippen molar-refractivity contribution in [1.29, 1.82) is 0 Å². The molecule has 1 aliphatic carbocycles. The highest BCUT2D eigenvalue weighted by Crippen LogP contribution is 2.33. The molecule has 100 valence electrons. The molecule has 4 heteroatoms. The average molecular weight is 268 g/mol. The Labute approximate surface area is 114 Å². The fraction of sp³-hybridized carbons (Fsp3) is 0.643. The van der Waals surface area contributed by atoms with Crippen LogP contribution in [0.2, 0.25) is 5.02 Å². The van der Waals surface area contributed by atoms with Gasteiger partial charge in [0.25, 0.3) is 0 Å². The summed E-state index contributed by atoms with van der Waals surface area (Å²) in [6.07, 6.45) is 10.5. The van der Waals surface area contributed by atoms with Gasteiger partial charge < -0.3 is 11.5 Å². The molecule has 3 nitrogen and oxygen atoms in total. The highest BCUT2D eigenvalue weighted by molar-refractivity contribution is 6.30. The Balaban J connectivity index is 2.12. The van der Waals surface area contributed by atoms with Gasteiger partial charge in [0.1, 0.15) is 5.82 Å². The first-order valence-electron chi connectivity index (χ1n) is 6.85. The number of pyridine rings is 1. The van der Waals surface area contributed by atoms with Crippen LogP contribution in [0, 0.1) is 5.92 Å². The molecule has 0 spiro atoms. The van der Waals surface area contributed by atoms with Gasteiger partial charge in [-0.15, -0.1) is 0 Å². The standard InChI is InChI=1S/C14H22ClN3/c15-11-8-12(14(17)18-9-11)13(16)10-6-4-2-1-3-5-7-10/h8-10,13H,1-7,16H2,(H2,17,18). The van der Waals surface area contributed by atoms with Crippen molar-refractivity contribution in [3.05, 3.63) is 22.8 Å². The molecule has 1 aromatic heterocycles. The summed E-state index contributed by atoms with van der Waals surface area (Å²) in [7, 11) is 0. The topological polar surface area (TPSA) is 64.9 Å². The van der Waals surface area contributed by atoms with E-state index in [0.29, 0.717) is 16.8 Å². The third kappa shape index (κ3) is 3.36. The molecule has 0 aliphatic heterocycles. The van der Waals surface area contributed by atoms with Gasteiger partial charge in [0.15, 0.2) is 0 Å². The van der Waals surface area contributed by atoms with Gasteiger partial charge in [-0.2, -0.15) is 0 Å². The number of hydrogen-bond acceptors (Lipinski definition) is 3. The fourth-order valence-electron chi connectivity index (χ4n) is 2.83. The van der Waals surface area contributed by atoms with E-state index in [1.807, 2.05) is 6.07 Å². The highest BCUT2D eigenvalue weighted by Gasteiger charge is 2.22. The molecule has 0 bridgehead atoms. The first-order valence-corrected chi connectivity index (χ1v) is 7.23. The van der Waals surface area contributed by atoms with Crippen molar-refractivity contribution in [3.63, 3.8) is 0 Å². The van der Waals surface area contributed by atoms with Gasteiger partial charge in [-0.3, -0.25) is 0 Å². The molecule has 2 rings (SSSR count). The van der Waals surface area contributed by atoms with E-state index in [4.69, 9.17) is 23.1 Å². The first kappa shape index (κ1) is 13.6. The predicted octanol–water partition coefficient (Wildman–Crippen LogP) is 3.68. The second kappa shape index (κ2) is 6.39. The van der Waals surface area contributed by atoms with Crippen molar-refractivity contribution in [1.82, 2.24) is 4.98 Å². The second-order valence-corrected chi connectivity index (χ2v) is 5.70. The summed E-state index contributed by atoms with van der Waals surface area (Å²) >= 11 is 5.98. The molecule has 1 fully saturated rings. The Bertz CT molecular complexity index is 387. The summed E-state index contributed by atoms with van der Waals surface area (Å²) in [4.78, 5) is 4.10. The summed E-state index contributed by atoms with van der Waals surface area (Å²) in [6.45, 7) is 0. The van der Waals surface area contributed by atoms with E-state index >= 15 is 0 Å². The quantitative estimate of drug-likeness (QED) is 0.859. The minimum Gasteiger partial charge on any atom is -0.383 e. The number of hydrogen-bond donors (Lipinski definition) is 2. The SMILES string of the molecule is Nc1ncc(Cl)cc1C(N)C1CCCCCCC1. The van der Waals surface area contributed by atoms with Crippen molar-refractivity contribution in [3.8, 4) is 0 Å². The zero-order valence-electron chi connectivity index (χ0n) is 10.7. The van der Waals surface area contributed by atoms with E-state index in [0.717, 1.165) is 5.56 Å². The molecule has 1 saturated carbocycles. The lowest BCUT2D eigenvalue weighted by molar-refractivity contribution is 0.328. The van der Waals surface area contributed by atoms with Crippen LogP contribution >= 0.6 is 11.6 Å². The second-order valence-electron chi connectivity index (χ2n) is 5.26. The van der Waals surface area contributed by atoms with Crippen LogP contribution in [0.3, 0.4) is 0 Å². The molecule has 0 saturated heterocycles. The monoisotopic (exact) mass is 267 g/mol. The van der Waals surface area contributed by atoms with Crippen LogP contribution in [0.25, 0.3) is 0 Å². The Morgan fingerprint density at radius 1 is 1.17 bits per heavy atom. The lowest BCUT2D eigenvalue weighted by Crippen LogP contribution is -2.23. The van der Waals surface area contributed by atoms with Gasteiger partial charge in [0, 0.05) is 17.8 Å². The van der Waals surface area contributed by atoms with E-state index in [2.05, 4.69) is 4.98 Å². The largest absolute Gasteiger partial charge is 0.383 e. The predicted molar refractivity (Wildman–Crippen MR) is 76.4 cm³/mol. The van der Waals surface area contributed by atoms with Crippen molar-refractivity contribution >= 4 is 17.4 Å². The summed E-state index contributed by atoms with van der Waals surface area (Å²) < 4.78 is 0. The molecular formula is C14H22ClN3. The fourth-order valence-corrected chi connectivity index (χ4v) is 3.00. The summed E-state index contributed by atoms with van der Waals surface area (Å²) in [5.74, 6) is 1.03. The van der Waals surface area contributed by atoms with E-state index < -0.39 is 0 Å². The first-order chi connectivity index (χ1) is 8.68. The number of rotatable bonds is 2. The highest BCUT2D eigenvalue weighted by atomic mass is 35.5. The number of nitrogens with zero attached hydrogens (tertiary/aromatic N) is 1. The Morgan fingerprint density at radius 3 is 2.44 bits per heavy atom. The molecular weight excluding hydrogens is 246 g/mol. The number of halogens is 1. The third-order valence-corrected chi connectivity index (χ3v) is 4.14. The molecule has 0 radical (unpaired) electrons. The molecule has 0 aromatic carbocycles. The molecule has 1 aliphatic rings. The molecule has 1 heterocycles. The van der Waals surface area contributed by atoms with Gasteiger partial charge in [0.2, 0.25) is 0 Å². The van der Waals surface area contributed by atoms with E-state index in [-0.39, 0.29) is 6.04 Å². The van der Waals surface area contributed by atoms with Gasteiger partial charge in [-0.25, -0.2) is 4.98 Å². The maximum Gasteiger partial charge on any atom is 0.128 e. The molecule has 1 atom stereocenters. The zero-order chi connectivity index (χ0) is 13.0. The Kier molecular flexibility index (Phi) is 4.84. The number of aromatic nitrogens is 1. The van der Waals surface area contributed by atoms with Crippen LogP contribution < -0.4 is 11.5 Å². The smallest absolute Gasteiger partial charge is 0.128 e. The Morgan fingerprint density at radius 2 is 1.78 bits per heavy atom. The van der Waals surface area contributed by atoms with Gasteiger partial charge >= 0.3 is 0 Å². The summed E-state index contributed by atoms with van der Waals surface area (Å²) in [5, 5.41) is 0.612. The zero-order valence-corrected chi connectivity index (χ0v) is 11.5. The van der Waals surface area contributed by atoms with E-state index in [9.17, 15) is 0 Å². The van der Waals surface area contributed by atoms with Crippen LogP contribution in [0.1, 0.15) is 56.6 Å². The number of anilines is 1. The van der Waals surface area contributed by atoms with Crippen LogP contribution in [-0.2, 0) is 0 Å². The van der Waals surface area contributed by atoms with Crippen molar-refractivity contribution < 1.29 is 0 Å². The molecule has 0 amide bonds. The summed E-state index contributed by atoms with van der Waals surface area (Å²) in [6, 6.07) is 1.84. The van der Waals surface area contributed by atoms with Crippen molar-refractivity contribution in [2.75, 3.05) is 5.73 Å². The normalized spacial score (nSPS) is 20.1. The molecule has 1 aromatic rings. The summed E-state index contributed by atoms with van der Waals surface area (Å²) in [5.41, 5.74) is 13.2. The minimum atomic E-state index is -0.0331. The van der Waals surface area contributed by atoms with E-state index in [1.54, 1.807) is 6.20 Å². The van der Waals surface area contributed by atoms with Crippen molar-refractivity contribution in [2.24, 2.45) is 11.7 Å². The van der Waals surface area contributed by atoms with Gasteiger partial charge in [0.05, 0.1) is 5.02 Å². The number of nitrogen functional groups attached to an aromatic ring is 1. The molecule has 18 heavy (non-hydrogen) atoms. The van der Waals surface area contributed by atoms with Crippen LogP contribution in [0.4, 0.5) is 5.82 Å². The third-order valence-electron chi connectivity index (χ3n) is 3.93. The van der Waals surface area contributed by atoms with Gasteiger partial charge in [-0.05, 0) is 24.8 Å². The average Bonchev–Trinajstić information content (AvgIpc) is 2.31. The molecule has 4 N–H and O–H groups in total. The van der Waals surface area contributed by atoms with Gasteiger partial charge in [-0.1, -0.05) is 43.7 Å². The maximum atomic E-state index is 6.38. The van der Waals surface area contributed by atoms with Crippen LogP contribution in [0.5, 0.6) is 0 Å². The lowest BCUT2D eigenvalue weighted by atomic mass is 9.83. The Hall–Kier alpha value is -0.800.